The highest BCUT2D eigenvalue weighted by molar-refractivity contribution is 8.27. The third-order valence-electron chi connectivity index (χ3n) is 6.80. The van der Waals surface area contributed by atoms with Gasteiger partial charge in [0.25, 0.3) is 0 Å². The van der Waals surface area contributed by atoms with Crippen LogP contribution in [0.5, 0.6) is 0 Å². The topological polar surface area (TPSA) is 112 Å². The van der Waals surface area contributed by atoms with E-state index in [1.807, 2.05) is 0 Å². The molecule has 15 heteroatoms. The fourth-order valence-corrected chi connectivity index (χ4v) is 6.06. The predicted octanol–water partition coefficient (Wildman–Crippen LogP) is 9.51. The van der Waals surface area contributed by atoms with Gasteiger partial charge in [-0.3, -0.25) is 10.8 Å². The van der Waals surface area contributed by atoms with Crippen LogP contribution in [0.2, 0.25) is 0 Å². The summed E-state index contributed by atoms with van der Waals surface area (Å²) in [4.78, 5) is 13.2. The summed E-state index contributed by atoms with van der Waals surface area (Å²) in [5.41, 5.74) is -0.750. The van der Waals surface area contributed by atoms with E-state index >= 15 is 0 Å². The fraction of sp³-hybridized carbons (Fsp3) is 0.0606. The highest BCUT2D eigenvalue weighted by Gasteiger charge is 2.34. The molecule has 4 aromatic heterocycles. The Kier molecular flexibility index (Phi) is 8.90. The molecule has 0 aliphatic rings. The Hall–Kier alpha value is -5.28. The quantitative estimate of drug-likeness (QED) is 0.102. The molecule has 0 saturated carbocycles. The molecule has 240 valence electrons. The normalized spacial score (nSPS) is 11.8. The average Bonchev–Trinajstić information content (AvgIpc) is 3.58. The fourth-order valence-electron chi connectivity index (χ4n) is 4.64. The monoisotopic (exact) mass is 691 g/mol. The Balaban J connectivity index is 1.20. The maximum atomic E-state index is 13.6. The van der Waals surface area contributed by atoms with E-state index < -0.39 is 23.5 Å². The van der Waals surface area contributed by atoms with Gasteiger partial charge < -0.3 is 0 Å². The highest BCUT2D eigenvalue weighted by atomic mass is 32.2. The van der Waals surface area contributed by atoms with E-state index in [9.17, 15) is 26.3 Å². The lowest BCUT2D eigenvalue weighted by Crippen LogP contribution is -2.09. The Morgan fingerprint density at radius 3 is 1.40 bits per heavy atom. The molecule has 0 bridgehead atoms. The van der Waals surface area contributed by atoms with Crippen LogP contribution in [0.15, 0.2) is 103 Å². The molecule has 0 fully saturated rings. The SMILES string of the molecule is N=C(SC(=N)c1cccc(-c2ccccc2C(F)(F)F)n1)c1cccc(-c2nnc(-c3cccc(-c4ccccc4C(F)(F)F)n3)s2)n1. The van der Waals surface area contributed by atoms with Crippen molar-refractivity contribution in [1.82, 2.24) is 25.1 Å². The Bertz CT molecular complexity index is 2160. The second kappa shape index (κ2) is 13.1. The van der Waals surface area contributed by atoms with Gasteiger partial charge in [0.1, 0.15) is 21.5 Å². The van der Waals surface area contributed by atoms with Crippen LogP contribution in [-0.4, -0.2) is 35.2 Å². The summed E-state index contributed by atoms with van der Waals surface area (Å²) in [6.45, 7) is 0. The van der Waals surface area contributed by atoms with Gasteiger partial charge in [-0.1, -0.05) is 65.9 Å². The summed E-state index contributed by atoms with van der Waals surface area (Å²) in [6, 6.07) is 24.1. The molecule has 6 aromatic rings. The van der Waals surface area contributed by atoms with Crippen molar-refractivity contribution in [2.24, 2.45) is 0 Å². The number of halogens is 6. The Labute approximate surface area is 276 Å². The number of benzene rings is 2. The van der Waals surface area contributed by atoms with Gasteiger partial charge in [-0.15, -0.1) is 10.2 Å². The minimum absolute atomic E-state index is 0.0362. The maximum Gasteiger partial charge on any atom is 0.417 e. The van der Waals surface area contributed by atoms with Crippen molar-refractivity contribution < 1.29 is 26.3 Å². The third-order valence-corrected chi connectivity index (χ3v) is 8.59. The predicted molar refractivity (Wildman–Crippen MR) is 173 cm³/mol. The molecule has 6 rings (SSSR count). The van der Waals surface area contributed by atoms with Gasteiger partial charge in [0.05, 0.1) is 33.9 Å². The van der Waals surface area contributed by atoms with E-state index in [0.717, 1.165) is 35.2 Å². The van der Waals surface area contributed by atoms with Gasteiger partial charge in [0.2, 0.25) is 0 Å². The summed E-state index contributed by atoms with van der Waals surface area (Å²) in [7, 11) is 0. The minimum Gasteiger partial charge on any atom is -0.292 e. The molecule has 0 atom stereocenters. The lowest BCUT2D eigenvalue weighted by Gasteiger charge is -2.13. The van der Waals surface area contributed by atoms with Crippen molar-refractivity contribution >= 4 is 33.2 Å². The first-order valence-corrected chi connectivity index (χ1v) is 15.5. The number of nitrogens with zero attached hydrogens (tertiary/aromatic N) is 5. The molecule has 7 nitrogen and oxygen atoms in total. The van der Waals surface area contributed by atoms with Crippen LogP contribution in [0.3, 0.4) is 0 Å². The molecule has 0 spiro atoms. The van der Waals surface area contributed by atoms with Gasteiger partial charge in [0.15, 0.2) is 10.0 Å². The molecule has 0 radical (unpaired) electrons. The second-order valence-electron chi connectivity index (χ2n) is 9.98. The molecular weight excluding hydrogens is 673 g/mol. The van der Waals surface area contributed by atoms with Gasteiger partial charge in [-0.25, -0.2) is 15.0 Å². The van der Waals surface area contributed by atoms with E-state index in [1.165, 1.54) is 60.7 Å². The van der Waals surface area contributed by atoms with Gasteiger partial charge >= 0.3 is 12.4 Å². The molecule has 0 aliphatic heterocycles. The summed E-state index contributed by atoms with van der Waals surface area (Å²) in [6.07, 6.45) is -9.15. The highest BCUT2D eigenvalue weighted by Crippen LogP contribution is 2.38. The number of aromatic nitrogens is 5. The van der Waals surface area contributed by atoms with E-state index in [2.05, 4.69) is 25.1 Å². The number of nitrogens with one attached hydrogen (secondary N) is 2. The zero-order valence-electron chi connectivity index (χ0n) is 24.1. The van der Waals surface area contributed by atoms with Crippen molar-refractivity contribution in [3.05, 3.63) is 126 Å². The van der Waals surface area contributed by atoms with Crippen LogP contribution in [0.1, 0.15) is 22.5 Å². The minimum atomic E-state index is -4.59. The molecule has 2 N–H and O–H groups in total. The van der Waals surface area contributed by atoms with Crippen LogP contribution in [0, 0.1) is 10.8 Å². The molecular formula is C33H19F6N7S2. The van der Waals surface area contributed by atoms with Crippen molar-refractivity contribution in [3.63, 3.8) is 0 Å². The molecule has 0 saturated heterocycles. The molecule has 0 amide bonds. The number of thioether (sulfide) groups is 1. The smallest absolute Gasteiger partial charge is 0.292 e. The van der Waals surface area contributed by atoms with E-state index in [4.69, 9.17) is 10.8 Å². The molecule has 4 heterocycles. The summed E-state index contributed by atoms with van der Waals surface area (Å²) in [5.74, 6) is 0. The summed E-state index contributed by atoms with van der Waals surface area (Å²) in [5, 5.41) is 25.8. The van der Waals surface area contributed by atoms with Crippen molar-refractivity contribution in [3.8, 4) is 43.9 Å². The largest absolute Gasteiger partial charge is 0.417 e. The Morgan fingerprint density at radius 1 is 0.500 bits per heavy atom. The van der Waals surface area contributed by atoms with Crippen molar-refractivity contribution in [2.45, 2.75) is 12.4 Å². The van der Waals surface area contributed by atoms with Crippen LogP contribution < -0.4 is 0 Å². The molecule has 0 aliphatic carbocycles. The van der Waals surface area contributed by atoms with Crippen molar-refractivity contribution in [1.29, 1.82) is 10.8 Å². The molecule has 48 heavy (non-hydrogen) atoms. The average molecular weight is 692 g/mol. The van der Waals surface area contributed by atoms with Crippen LogP contribution in [0.4, 0.5) is 26.3 Å². The number of pyridine rings is 3. The summed E-state index contributed by atoms with van der Waals surface area (Å²) >= 11 is 1.83. The van der Waals surface area contributed by atoms with Gasteiger partial charge in [-0.2, -0.15) is 26.3 Å². The number of hydrogen-bond donors (Lipinski definition) is 2. The van der Waals surface area contributed by atoms with Crippen LogP contribution >= 0.6 is 23.1 Å². The van der Waals surface area contributed by atoms with E-state index in [-0.39, 0.29) is 44.0 Å². The first kappa shape index (κ1) is 32.7. The van der Waals surface area contributed by atoms with Crippen LogP contribution in [0.25, 0.3) is 43.9 Å². The van der Waals surface area contributed by atoms with Gasteiger partial charge in [-0.05, 0) is 60.3 Å². The standard InChI is InChI=1S/C33H19F6N7S2/c34-32(35,36)20-10-3-1-8-18(20)22-12-5-14-24(42-22)28(40)47-29(41)25-15-7-17-27(44-25)31-46-45-30(48-31)26-16-6-13-23(43-26)19-9-2-4-11-21(19)33(37,38)39/h1-17,40-41H. The third kappa shape index (κ3) is 7.01. The van der Waals surface area contributed by atoms with Gasteiger partial charge in [0, 0.05) is 11.1 Å². The zero-order valence-corrected chi connectivity index (χ0v) is 25.8. The lowest BCUT2D eigenvalue weighted by atomic mass is 10.0. The number of alkyl halides is 6. The first-order valence-electron chi connectivity index (χ1n) is 13.8. The maximum absolute atomic E-state index is 13.6. The number of rotatable bonds is 6. The second-order valence-corrected chi connectivity index (χ2v) is 12.0. The van der Waals surface area contributed by atoms with Crippen LogP contribution in [-0.2, 0) is 12.4 Å². The molecule has 2 aromatic carbocycles. The lowest BCUT2D eigenvalue weighted by molar-refractivity contribution is -0.137. The van der Waals surface area contributed by atoms with E-state index in [0.29, 0.717) is 21.4 Å². The van der Waals surface area contributed by atoms with E-state index in [1.54, 1.807) is 30.3 Å². The molecule has 0 unspecified atom stereocenters. The Morgan fingerprint density at radius 2 is 0.896 bits per heavy atom. The number of hydrogen-bond acceptors (Lipinski definition) is 9. The zero-order chi connectivity index (χ0) is 34.1. The first-order chi connectivity index (χ1) is 22.9. The summed E-state index contributed by atoms with van der Waals surface area (Å²) < 4.78 is 81.5. The van der Waals surface area contributed by atoms with Crippen molar-refractivity contribution in [2.75, 3.05) is 0 Å².